The minimum atomic E-state index is -1.11. The first-order valence-electron chi connectivity index (χ1n) is 12.2. The van der Waals surface area contributed by atoms with Gasteiger partial charge in [0.1, 0.15) is 23.9 Å². The second kappa shape index (κ2) is 8.21. The highest BCUT2D eigenvalue weighted by Crippen LogP contribution is 2.51. The van der Waals surface area contributed by atoms with E-state index in [0.29, 0.717) is 6.73 Å². The molecule has 2 aliphatic rings. The van der Waals surface area contributed by atoms with Crippen LogP contribution in [0.15, 0.2) is 24.4 Å². The number of nitrogens with zero attached hydrogens (tertiary/aromatic N) is 5. The molecule has 178 valence electrons. The molecule has 5 rings (SSSR count). The van der Waals surface area contributed by atoms with Crippen molar-refractivity contribution >= 4 is 19.5 Å². The van der Waals surface area contributed by atoms with Crippen LogP contribution in [0.2, 0.25) is 25.7 Å². The molecule has 2 fully saturated rings. The molecule has 0 spiro atoms. The van der Waals surface area contributed by atoms with Crippen LogP contribution >= 0.6 is 0 Å². The number of imidazole rings is 1. The van der Waals surface area contributed by atoms with Crippen molar-refractivity contribution in [3.05, 3.63) is 30.1 Å². The zero-order valence-corrected chi connectivity index (χ0v) is 21.3. The summed E-state index contributed by atoms with van der Waals surface area (Å²) >= 11 is 0. The number of aliphatic hydroxyl groups is 1. The van der Waals surface area contributed by atoms with Gasteiger partial charge in [-0.15, -0.1) is 5.10 Å². The molecule has 3 aromatic rings. The van der Waals surface area contributed by atoms with Gasteiger partial charge in [0.15, 0.2) is 5.65 Å². The van der Waals surface area contributed by atoms with Crippen molar-refractivity contribution in [3.8, 4) is 11.4 Å². The van der Waals surface area contributed by atoms with Gasteiger partial charge in [-0.05, 0) is 62.8 Å². The average molecular weight is 469 g/mol. The van der Waals surface area contributed by atoms with E-state index in [1.807, 2.05) is 27.5 Å². The van der Waals surface area contributed by atoms with Crippen LogP contribution in [0.1, 0.15) is 44.7 Å². The minimum absolute atomic E-state index is 0.0413. The lowest BCUT2D eigenvalue weighted by Gasteiger charge is -2.28. The molecule has 9 heteroatoms. The van der Waals surface area contributed by atoms with Crippen molar-refractivity contribution in [2.75, 3.05) is 11.9 Å². The van der Waals surface area contributed by atoms with E-state index in [4.69, 9.17) is 14.9 Å². The fraction of sp³-hybridized carbons (Fsp3) is 0.625. The minimum Gasteiger partial charge on any atom is -0.390 e. The van der Waals surface area contributed by atoms with Crippen molar-refractivity contribution in [1.29, 1.82) is 0 Å². The number of fused-ring (bicyclic) bond motifs is 3. The van der Waals surface area contributed by atoms with Crippen LogP contribution in [0.5, 0.6) is 0 Å². The predicted molar refractivity (Wildman–Crippen MR) is 132 cm³/mol. The number of hydrogen-bond acceptors (Lipinski definition) is 6. The Labute approximate surface area is 196 Å². The topological polar surface area (TPSA) is 89.5 Å². The Kier molecular flexibility index (Phi) is 5.61. The molecule has 0 unspecified atom stereocenters. The molecule has 2 N–H and O–H groups in total. The zero-order valence-electron chi connectivity index (χ0n) is 20.3. The predicted octanol–water partition coefficient (Wildman–Crippen LogP) is 4.33. The fourth-order valence-corrected chi connectivity index (χ4v) is 6.00. The number of hydrogen-bond donors (Lipinski definition) is 2. The third kappa shape index (κ3) is 4.58. The van der Waals surface area contributed by atoms with E-state index in [9.17, 15) is 5.11 Å². The first-order valence-corrected chi connectivity index (χ1v) is 15.9. The summed E-state index contributed by atoms with van der Waals surface area (Å²) < 4.78 is 9.78. The Hall–Kier alpha value is -2.23. The summed E-state index contributed by atoms with van der Waals surface area (Å²) in [6.45, 7) is 10.5. The summed E-state index contributed by atoms with van der Waals surface area (Å²) in [7, 11) is -1.11. The Morgan fingerprint density at radius 1 is 1.15 bits per heavy atom. The van der Waals surface area contributed by atoms with Crippen LogP contribution in [0.4, 0.5) is 5.82 Å². The number of anilines is 1. The van der Waals surface area contributed by atoms with Gasteiger partial charge < -0.3 is 15.2 Å². The second-order valence-electron chi connectivity index (χ2n) is 11.2. The van der Waals surface area contributed by atoms with E-state index in [2.05, 4.69) is 42.9 Å². The van der Waals surface area contributed by atoms with Gasteiger partial charge in [-0.2, -0.15) is 5.10 Å². The SMILES string of the molecule is CCc1cc(-c2cnc3ccc(NC45CCC(O)(CC4)C5)nn23)nn1COCC[Si](C)(C)C. The molecule has 33 heavy (non-hydrogen) atoms. The lowest BCUT2D eigenvalue weighted by molar-refractivity contribution is 0.0521. The smallest absolute Gasteiger partial charge is 0.154 e. The maximum atomic E-state index is 10.6. The summed E-state index contributed by atoms with van der Waals surface area (Å²) in [5.41, 5.74) is 3.12. The summed E-state index contributed by atoms with van der Waals surface area (Å²) in [6.07, 6.45) is 7.24. The Balaban J connectivity index is 1.36. The Morgan fingerprint density at radius 2 is 1.94 bits per heavy atom. The van der Waals surface area contributed by atoms with Crippen LogP contribution in [0, 0.1) is 0 Å². The highest BCUT2D eigenvalue weighted by atomic mass is 28.3. The van der Waals surface area contributed by atoms with E-state index in [0.717, 1.165) is 79.7 Å². The van der Waals surface area contributed by atoms with Crippen molar-refractivity contribution in [3.63, 3.8) is 0 Å². The van der Waals surface area contributed by atoms with Gasteiger partial charge in [-0.25, -0.2) is 14.2 Å². The molecule has 3 heterocycles. The number of ether oxygens (including phenoxy) is 1. The average Bonchev–Trinajstić information content (AvgIpc) is 3.50. The van der Waals surface area contributed by atoms with E-state index >= 15 is 0 Å². The van der Waals surface area contributed by atoms with E-state index < -0.39 is 13.7 Å². The molecule has 0 saturated heterocycles. The molecule has 0 atom stereocenters. The zero-order chi connectivity index (χ0) is 23.3. The molecular formula is C24H36N6O2Si. The van der Waals surface area contributed by atoms with E-state index in [-0.39, 0.29) is 5.54 Å². The van der Waals surface area contributed by atoms with Gasteiger partial charge in [0.25, 0.3) is 0 Å². The van der Waals surface area contributed by atoms with Crippen LogP contribution in [-0.2, 0) is 17.9 Å². The van der Waals surface area contributed by atoms with Crippen LogP contribution in [0.3, 0.4) is 0 Å². The van der Waals surface area contributed by atoms with Gasteiger partial charge in [-0.3, -0.25) is 0 Å². The maximum Gasteiger partial charge on any atom is 0.154 e. The molecule has 2 aliphatic carbocycles. The molecule has 0 amide bonds. The van der Waals surface area contributed by atoms with Crippen LogP contribution < -0.4 is 5.32 Å². The molecule has 8 nitrogen and oxygen atoms in total. The first-order chi connectivity index (χ1) is 15.7. The van der Waals surface area contributed by atoms with Gasteiger partial charge in [0, 0.05) is 25.9 Å². The monoisotopic (exact) mass is 468 g/mol. The third-order valence-electron chi connectivity index (χ3n) is 7.26. The molecular weight excluding hydrogens is 432 g/mol. The number of rotatable bonds is 9. The van der Waals surface area contributed by atoms with Crippen LogP contribution in [0.25, 0.3) is 17.0 Å². The Bertz CT molecular complexity index is 1140. The lowest BCUT2D eigenvalue weighted by Crippen LogP contribution is -2.33. The van der Waals surface area contributed by atoms with Gasteiger partial charge in [0.05, 0.1) is 11.8 Å². The van der Waals surface area contributed by atoms with Crippen molar-refractivity contribution < 1.29 is 9.84 Å². The molecule has 0 aromatic carbocycles. The standard InChI is InChI=1S/C24H36N6O2Si/c1-5-18-14-19(27-29(18)17-32-12-13-33(2,3)4)20-15-25-22-7-6-21(28-30(20)22)26-23-8-10-24(31,16-23)11-9-23/h6-7,14-15,31H,5,8-13,16-17H2,1-4H3,(H,26,28). The van der Waals surface area contributed by atoms with Crippen molar-refractivity contribution in [1.82, 2.24) is 24.4 Å². The summed E-state index contributed by atoms with van der Waals surface area (Å²) in [4.78, 5) is 4.55. The van der Waals surface area contributed by atoms with Crippen molar-refractivity contribution in [2.45, 2.75) is 89.0 Å². The highest BCUT2D eigenvalue weighted by molar-refractivity contribution is 6.76. The van der Waals surface area contributed by atoms with Crippen LogP contribution in [-0.4, -0.2) is 55.3 Å². The summed E-state index contributed by atoms with van der Waals surface area (Å²) in [5, 5.41) is 23.9. The normalized spacial score (nSPS) is 24.8. The quantitative estimate of drug-likeness (QED) is 0.359. The lowest BCUT2D eigenvalue weighted by atomic mass is 9.93. The molecule has 0 aliphatic heterocycles. The number of nitrogens with one attached hydrogen (secondary N) is 1. The molecule has 2 bridgehead atoms. The fourth-order valence-electron chi connectivity index (χ4n) is 5.24. The van der Waals surface area contributed by atoms with Gasteiger partial charge in [0.2, 0.25) is 0 Å². The highest BCUT2D eigenvalue weighted by Gasteiger charge is 2.53. The first kappa shape index (κ1) is 22.6. The largest absolute Gasteiger partial charge is 0.390 e. The van der Waals surface area contributed by atoms with E-state index in [1.54, 1.807) is 0 Å². The number of aryl methyl sites for hydroxylation is 1. The Morgan fingerprint density at radius 3 is 2.61 bits per heavy atom. The van der Waals surface area contributed by atoms with Gasteiger partial charge >= 0.3 is 0 Å². The third-order valence-corrected chi connectivity index (χ3v) is 8.96. The molecule has 2 saturated carbocycles. The van der Waals surface area contributed by atoms with E-state index in [1.165, 1.54) is 0 Å². The summed E-state index contributed by atoms with van der Waals surface area (Å²) in [6, 6.07) is 7.23. The molecule has 3 aromatic heterocycles. The van der Waals surface area contributed by atoms with Gasteiger partial charge in [-0.1, -0.05) is 26.6 Å². The summed E-state index contributed by atoms with van der Waals surface area (Å²) in [5.74, 6) is 0.817. The molecule has 0 radical (unpaired) electrons. The second-order valence-corrected chi connectivity index (χ2v) is 16.8. The van der Waals surface area contributed by atoms with Crippen molar-refractivity contribution in [2.24, 2.45) is 0 Å². The maximum absolute atomic E-state index is 10.6. The number of aromatic nitrogens is 5.